The fourth-order valence-corrected chi connectivity index (χ4v) is 9.46. The fraction of sp³-hybridized carbons (Fsp3) is 0.628. The highest BCUT2D eigenvalue weighted by molar-refractivity contribution is 8.76. The first kappa shape index (κ1) is 58.5. The van der Waals surface area contributed by atoms with Crippen LogP contribution >= 0.6 is 21.6 Å². The van der Waals surface area contributed by atoms with Crippen molar-refractivity contribution in [1.29, 1.82) is 0 Å². The van der Waals surface area contributed by atoms with E-state index in [1.807, 2.05) is 6.92 Å². The standard InChI is InChI=1S/C41H61N9O11S2.C2HF3O2/c1-5-22(3)33-39(58)49-34(23(4)51)40(59)46-28(20-31(42)52)36(55)47-29(41(60)50-17-8-10-30(50)38(57)45-26-9-7-16-43-35(26)54)21-63-62-18-15-32(53)44-27(37(56)48-33)19-24-11-13-25(14-12-24)61-6-2;3-2(4,5)1(6)7/h11-14,22-23,26-30,33-34,51H,5-10,15-21H2,1-4H3,(H2,42,52)(H,43,54)(H,44,53)(H,45,57)(H,46,59)(H,47,55)(H,48,56)(H,49,58);(H,6,7)/t22-,23-,26+,27-,28+,29+,30+,33+,34+;/m1./s1. The van der Waals surface area contributed by atoms with Gasteiger partial charge in [0.1, 0.15) is 48.0 Å². The largest absolute Gasteiger partial charge is 0.494 e. The van der Waals surface area contributed by atoms with Gasteiger partial charge in [-0.05, 0) is 63.1 Å². The Morgan fingerprint density at radius 2 is 1.49 bits per heavy atom. The lowest BCUT2D eigenvalue weighted by Gasteiger charge is -2.31. The molecule has 4 rings (SSSR count). The molecule has 0 aliphatic carbocycles. The van der Waals surface area contributed by atoms with Crippen LogP contribution in [0.4, 0.5) is 13.2 Å². The summed E-state index contributed by atoms with van der Waals surface area (Å²) in [6, 6.07) is -1.81. The van der Waals surface area contributed by atoms with Crippen molar-refractivity contribution in [2.45, 2.75) is 134 Å². The number of aliphatic hydroxyl groups is 1. The lowest BCUT2D eigenvalue weighted by molar-refractivity contribution is -0.192. The molecule has 0 saturated carbocycles. The molecule has 3 aliphatic rings. The zero-order valence-electron chi connectivity index (χ0n) is 39.1. The fourth-order valence-electron chi connectivity index (χ4n) is 7.31. The van der Waals surface area contributed by atoms with E-state index in [2.05, 4.69) is 37.2 Å². The predicted octanol–water partition coefficient (Wildman–Crippen LogP) is -0.842. The van der Waals surface area contributed by atoms with E-state index in [-0.39, 0.29) is 36.8 Å². The monoisotopic (exact) mass is 1030 g/mol. The molecule has 27 heteroatoms. The van der Waals surface area contributed by atoms with Gasteiger partial charge in [0.15, 0.2) is 0 Å². The average molecular weight is 1030 g/mol. The number of likely N-dealkylation sites (tertiary alicyclic amines) is 1. The van der Waals surface area contributed by atoms with E-state index >= 15 is 0 Å². The van der Waals surface area contributed by atoms with Gasteiger partial charge in [-0.15, -0.1) is 0 Å². The summed E-state index contributed by atoms with van der Waals surface area (Å²) in [5.74, 6) is -9.06. The van der Waals surface area contributed by atoms with E-state index in [4.69, 9.17) is 20.4 Å². The number of aliphatic carboxylic acids is 1. The molecule has 22 nitrogen and oxygen atoms in total. The molecule has 3 heterocycles. The van der Waals surface area contributed by atoms with Gasteiger partial charge in [0, 0.05) is 37.4 Å². The molecule has 1 aromatic rings. The lowest BCUT2D eigenvalue weighted by Crippen LogP contribution is -2.63. The predicted molar refractivity (Wildman–Crippen MR) is 248 cm³/mol. The summed E-state index contributed by atoms with van der Waals surface area (Å²) in [7, 11) is 2.35. The number of piperidine rings is 1. The molecule has 0 unspecified atom stereocenters. The number of hydrogen-bond donors (Lipinski definition) is 10. The zero-order chi connectivity index (χ0) is 52.3. The Morgan fingerprint density at radius 3 is 2.07 bits per heavy atom. The number of carboxylic acid groups (broad SMARTS) is 1. The van der Waals surface area contributed by atoms with Crippen molar-refractivity contribution in [1.82, 2.24) is 42.1 Å². The summed E-state index contributed by atoms with van der Waals surface area (Å²) in [4.78, 5) is 132. The summed E-state index contributed by atoms with van der Waals surface area (Å²) in [6.07, 6.45) is -5.11. The smallest absolute Gasteiger partial charge is 0.490 e. The van der Waals surface area contributed by atoms with E-state index < -0.39 is 120 Å². The lowest BCUT2D eigenvalue weighted by atomic mass is 9.96. The molecule has 0 bridgehead atoms. The first-order chi connectivity index (χ1) is 33.0. The molecule has 3 saturated heterocycles. The van der Waals surface area contributed by atoms with Crippen LogP contribution in [0.3, 0.4) is 0 Å². The molecule has 70 heavy (non-hydrogen) atoms. The Bertz CT molecular complexity index is 2040. The number of carboxylic acids is 1. The van der Waals surface area contributed by atoms with Crippen LogP contribution in [0.15, 0.2) is 24.3 Å². The molecule has 0 radical (unpaired) electrons. The van der Waals surface area contributed by atoms with Crippen LogP contribution in [0.1, 0.15) is 78.2 Å². The van der Waals surface area contributed by atoms with Crippen LogP contribution in [0.25, 0.3) is 0 Å². The molecule has 11 N–H and O–H groups in total. The van der Waals surface area contributed by atoms with E-state index in [9.17, 15) is 61.4 Å². The van der Waals surface area contributed by atoms with Crippen molar-refractivity contribution < 1.29 is 76.1 Å². The Hall–Kier alpha value is -5.83. The van der Waals surface area contributed by atoms with Crippen LogP contribution in [-0.4, -0.2) is 160 Å². The van der Waals surface area contributed by atoms with Crippen molar-refractivity contribution in [3.8, 4) is 5.75 Å². The maximum absolute atomic E-state index is 14.3. The molecule has 3 fully saturated rings. The summed E-state index contributed by atoms with van der Waals surface area (Å²) < 4.78 is 37.3. The molecule has 390 valence electrons. The Labute approximate surface area is 409 Å². The molecule has 9 amide bonds. The number of benzene rings is 1. The summed E-state index contributed by atoms with van der Waals surface area (Å²) in [5, 5.41) is 36.3. The third kappa shape index (κ3) is 18.5. The molecule has 0 aromatic heterocycles. The SMILES string of the molecule is CCOc1ccc(C[C@H]2NC(=O)CCSSC[C@@H](C(=O)N3CCC[C@H]3C(=O)N[C@H]3CCCNC3=O)NC(=O)[C@H](CC(N)=O)NC(=O)[C@H]([C@@H](C)O)NC(=O)[C@H]([C@H](C)CC)NC2=O)cc1.O=C(O)C(F)(F)F. The maximum Gasteiger partial charge on any atom is 0.490 e. The van der Waals surface area contributed by atoms with E-state index in [1.54, 1.807) is 38.1 Å². The Kier molecular flexibility index (Phi) is 23.5. The van der Waals surface area contributed by atoms with Crippen LogP contribution in [0, 0.1) is 5.92 Å². The molecular weight excluding hydrogens is 972 g/mol. The number of carbonyl (C=O) groups is 10. The summed E-state index contributed by atoms with van der Waals surface area (Å²) in [6.45, 7) is 7.67. The highest BCUT2D eigenvalue weighted by atomic mass is 33.1. The topological polar surface area (TPSA) is 334 Å². The van der Waals surface area contributed by atoms with E-state index in [0.29, 0.717) is 56.6 Å². The molecule has 3 aliphatic heterocycles. The van der Waals surface area contributed by atoms with Gasteiger partial charge in [-0.3, -0.25) is 43.2 Å². The number of aliphatic hydroxyl groups excluding tert-OH is 1. The Balaban J connectivity index is 0.00000171. The van der Waals surface area contributed by atoms with Crippen molar-refractivity contribution >= 4 is 80.7 Å². The highest BCUT2D eigenvalue weighted by Crippen LogP contribution is 2.26. The molecule has 0 spiro atoms. The number of alkyl halides is 3. The van der Waals surface area contributed by atoms with Crippen molar-refractivity contribution in [3.63, 3.8) is 0 Å². The van der Waals surface area contributed by atoms with Crippen LogP contribution in [-0.2, 0) is 54.4 Å². The molecule has 9 atom stereocenters. The summed E-state index contributed by atoms with van der Waals surface area (Å²) >= 11 is 0. The number of ether oxygens (including phenoxy) is 1. The number of nitrogens with zero attached hydrogens (tertiary/aromatic N) is 1. The van der Waals surface area contributed by atoms with Crippen molar-refractivity contribution in [3.05, 3.63) is 29.8 Å². The maximum atomic E-state index is 14.3. The number of amides is 9. The van der Waals surface area contributed by atoms with Crippen LogP contribution in [0.5, 0.6) is 5.75 Å². The van der Waals surface area contributed by atoms with Gasteiger partial charge >= 0.3 is 12.1 Å². The van der Waals surface area contributed by atoms with E-state index in [1.165, 1.54) is 22.6 Å². The van der Waals surface area contributed by atoms with Gasteiger partial charge in [-0.2, -0.15) is 13.2 Å². The molecule has 1 aromatic carbocycles. The van der Waals surface area contributed by atoms with Gasteiger partial charge in [0.25, 0.3) is 0 Å². The number of nitrogens with two attached hydrogens (primary N) is 1. The first-order valence-electron chi connectivity index (χ1n) is 22.6. The number of primary amides is 1. The quantitative estimate of drug-likeness (QED) is 0.114. The number of halogens is 3. The Morgan fingerprint density at radius 1 is 0.857 bits per heavy atom. The minimum atomic E-state index is -5.08. The van der Waals surface area contributed by atoms with Crippen molar-refractivity contribution in [2.24, 2.45) is 11.7 Å². The second-order valence-corrected chi connectivity index (χ2v) is 19.3. The molecular formula is C43H62F3N9O13S2. The zero-order valence-corrected chi connectivity index (χ0v) is 40.7. The van der Waals surface area contributed by atoms with Crippen LogP contribution in [0.2, 0.25) is 0 Å². The van der Waals surface area contributed by atoms with Gasteiger partial charge in [-0.25, -0.2) is 4.79 Å². The van der Waals surface area contributed by atoms with Gasteiger partial charge in [-0.1, -0.05) is 54.0 Å². The van der Waals surface area contributed by atoms with Gasteiger partial charge in [0.05, 0.1) is 19.1 Å². The number of carbonyl (C=O) groups excluding carboxylic acids is 9. The third-order valence-corrected chi connectivity index (χ3v) is 13.7. The minimum absolute atomic E-state index is 0.0491. The number of nitrogens with one attached hydrogen (secondary N) is 7. The van der Waals surface area contributed by atoms with Crippen molar-refractivity contribution in [2.75, 3.05) is 31.2 Å². The van der Waals surface area contributed by atoms with E-state index in [0.717, 1.165) is 10.8 Å². The summed E-state index contributed by atoms with van der Waals surface area (Å²) in [5.41, 5.74) is 6.17. The number of rotatable bonds is 12. The third-order valence-electron chi connectivity index (χ3n) is 11.2. The first-order valence-corrected chi connectivity index (χ1v) is 25.1. The normalized spacial score (nSPS) is 25.4. The average Bonchev–Trinajstić information content (AvgIpc) is 3.79. The second-order valence-electron chi connectivity index (χ2n) is 16.6. The minimum Gasteiger partial charge on any atom is -0.494 e. The second kappa shape index (κ2) is 28.1. The van der Waals surface area contributed by atoms with Gasteiger partial charge in [0.2, 0.25) is 53.2 Å². The number of hydrogen-bond acceptors (Lipinski definition) is 14. The highest BCUT2D eigenvalue weighted by Gasteiger charge is 2.41. The van der Waals surface area contributed by atoms with Crippen LogP contribution < -0.4 is 47.7 Å². The van der Waals surface area contributed by atoms with Gasteiger partial charge < -0.3 is 62.8 Å².